The molecule has 10 nitrogen and oxygen atoms in total. The number of aromatic nitrogens is 2. The summed E-state index contributed by atoms with van der Waals surface area (Å²) < 4.78 is 31.8. The number of aryl methyl sites for hydroxylation is 1. The summed E-state index contributed by atoms with van der Waals surface area (Å²) >= 11 is 0. The molecule has 0 spiro atoms. The maximum absolute atomic E-state index is 12.7. The van der Waals surface area contributed by atoms with Crippen LogP contribution in [0.2, 0.25) is 0 Å². The van der Waals surface area contributed by atoms with E-state index in [4.69, 9.17) is 9.25 Å². The summed E-state index contributed by atoms with van der Waals surface area (Å²) in [6.45, 7) is 2.39. The van der Waals surface area contributed by atoms with Gasteiger partial charge in [-0.25, -0.2) is 17.5 Å². The van der Waals surface area contributed by atoms with Gasteiger partial charge in [-0.15, -0.1) is 0 Å². The van der Waals surface area contributed by atoms with Crippen LogP contribution in [0, 0.1) is 0 Å². The molecule has 32 heavy (non-hydrogen) atoms. The highest BCUT2D eigenvalue weighted by atomic mass is 32.2. The van der Waals surface area contributed by atoms with Crippen LogP contribution in [0.15, 0.2) is 55.6 Å². The van der Waals surface area contributed by atoms with Gasteiger partial charge in [-0.2, -0.15) is 4.98 Å². The van der Waals surface area contributed by atoms with Gasteiger partial charge in [-0.05, 0) is 17.5 Å². The van der Waals surface area contributed by atoms with Crippen molar-refractivity contribution < 1.29 is 17.7 Å². The van der Waals surface area contributed by atoms with Crippen LogP contribution >= 0.6 is 0 Å². The molecule has 3 heterocycles. The first-order valence-corrected chi connectivity index (χ1v) is 11.8. The molecule has 1 saturated heterocycles. The van der Waals surface area contributed by atoms with Crippen LogP contribution in [-0.4, -0.2) is 41.5 Å². The molecular formula is C21H22N4O6S. The van der Waals surface area contributed by atoms with Crippen LogP contribution in [0.25, 0.3) is 11.1 Å². The normalized spacial score (nSPS) is 15.1. The topological polar surface area (TPSA) is 135 Å². The molecule has 1 aliphatic heterocycles. The third-order valence-corrected chi connectivity index (χ3v) is 7.05. The molecule has 2 aromatic heterocycles. The molecule has 0 aliphatic carbocycles. The molecule has 3 aromatic rings. The van der Waals surface area contributed by atoms with E-state index in [0.29, 0.717) is 30.5 Å². The Hall–Kier alpha value is -3.31. The minimum atomic E-state index is -3.43. The van der Waals surface area contributed by atoms with Gasteiger partial charge in [0.05, 0.1) is 11.5 Å². The highest BCUT2D eigenvalue weighted by molar-refractivity contribution is 7.88. The van der Waals surface area contributed by atoms with E-state index in [1.165, 1.54) is 10.4 Å². The number of rotatable bonds is 6. The summed E-state index contributed by atoms with van der Waals surface area (Å²) in [7, 11) is -3.43. The Morgan fingerprint density at radius 1 is 1.19 bits per heavy atom. The lowest BCUT2D eigenvalue weighted by Gasteiger charge is -2.26. The Morgan fingerprint density at radius 2 is 1.91 bits per heavy atom. The molecule has 1 aromatic carbocycles. The number of piperidine rings is 1. The van der Waals surface area contributed by atoms with Crippen LogP contribution in [0.3, 0.4) is 0 Å². The molecule has 0 atom stereocenters. The van der Waals surface area contributed by atoms with Crippen molar-refractivity contribution in [3.05, 3.63) is 68.3 Å². The van der Waals surface area contributed by atoms with Crippen molar-refractivity contribution in [2.45, 2.75) is 31.9 Å². The summed E-state index contributed by atoms with van der Waals surface area (Å²) in [4.78, 5) is 35.8. The molecular weight excluding hydrogens is 436 g/mol. The number of oxime groups is 1. The molecule has 168 valence electrons. The molecule has 1 fully saturated rings. The second-order valence-electron chi connectivity index (χ2n) is 7.39. The number of hydrogen-bond donors (Lipinski definition) is 1. The predicted octanol–water partition coefficient (Wildman–Crippen LogP) is 1.80. The molecule has 0 amide bonds. The van der Waals surface area contributed by atoms with Crippen molar-refractivity contribution in [2.75, 3.05) is 13.1 Å². The summed E-state index contributed by atoms with van der Waals surface area (Å²) in [6, 6.07) is 10.1. The lowest BCUT2D eigenvalue weighted by atomic mass is 10.1. The van der Waals surface area contributed by atoms with Gasteiger partial charge in [0.1, 0.15) is 5.39 Å². The minimum absolute atomic E-state index is 0.0516. The maximum Gasteiger partial charge on any atom is 0.337 e. The zero-order valence-electron chi connectivity index (χ0n) is 17.4. The Kier molecular flexibility index (Phi) is 6.19. The zero-order valence-corrected chi connectivity index (χ0v) is 18.2. The first-order chi connectivity index (χ1) is 15.4. The molecule has 4 rings (SSSR count). The lowest BCUT2D eigenvalue weighted by Crippen LogP contribution is -2.39. The number of nitrogens with zero attached hydrogens (tertiary/aromatic N) is 3. The summed E-state index contributed by atoms with van der Waals surface area (Å²) in [5.41, 5.74) is 0.700. The quantitative estimate of drug-likeness (QED) is 0.557. The second kappa shape index (κ2) is 9.05. The zero-order chi connectivity index (χ0) is 22.7. The van der Waals surface area contributed by atoms with E-state index in [1.54, 1.807) is 12.1 Å². The van der Waals surface area contributed by atoms with Gasteiger partial charge in [-0.1, -0.05) is 42.4 Å². The molecule has 0 unspecified atom stereocenters. The fourth-order valence-corrected chi connectivity index (χ4v) is 5.08. The predicted molar refractivity (Wildman–Crippen MR) is 118 cm³/mol. The van der Waals surface area contributed by atoms with Crippen LogP contribution in [0.1, 0.15) is 30.9 Å². The van der Waals surface area contributed by atoms with Crippen LogP contribution in [0.5, 0.6) is 6.01 Å². The van der Waals surface area contributed by atoms with Gasteiger partial charge in [0.2, 0.25) is 15.7 Å². The number of H-pyrrole nitrogens is 1. The van der Waals surface area contributed by atoms with E-state index in [9.17, 15) is 18.0 Å². The average molecular weight is 458 g/mol. The van der Waals surface area contributed by atoms with Gasteiger partial charge < -0.3 is 9.25 Å². The number of benzene rings is 1. The molecule has 1 N–H and O–H groups in total. The van der Waals surface area contributed by atoms with Crippen LogP contribution < -0.4 is 16.0 Å². The van der Waals surface area contributed by atoms with Gasteiger partial charge >= 0.3 is 11.6 Å². The highest BCUT2D eigenvalue weighted by Gasteiger charge is 2.26. The Balaban J connectivity index is 1.44. The van der Waals surface area contributed by atoms with Crippen LogP contribution in [-0.2, 0) is 22.2 Å². The SMILES string of the molecule is CCc1cc(=O)oc2nc(ON=C3CCN(S(=O)(=O)Cc4ccccc4)CC3)[nH]c(=O)c12. The van der Waals surface area contributed by atoms with Crippen molar-refractivity contribution in [3.8, 4) is 6.01 Å². The Bertz CT molecular complexity index is 1370. The van der Waals surface area contributed by atoms with Gasteiger partial charge in [0, 0.05) is 32.0 Å². The summed E-state index contributed by atoms with van der Waals surface area (Å²) in [5, 5.41) is 4.21. The smallest absolute Gasteiger partial charge is 0.337 e. The van der Waals surface area contributed by atoms with E-state index in [0.717, 1.165) is 5.56 Å². The molecule has 0 radical (unpaired) electrons. The van der Waals surface area contributed by atoms with Gasteiger partial charge in [0.15, 0.2) is 0 Å². The minimum Gasteiger partial charge on any atom is -0.403 e. The van der Waals surface area contributed by atoms with Crippen molar-refractivity contribution in [3.63, 3.8) is 0 Å². The summed E-state index contributed by atoms with van der Waals surface area (Å²) in [5.74, 6) is -0.0516. The van der Waals surface area contributed by atoms with Crippen molar-refractivity contribution in [1.29, 1.82) is 0 Å². The van der Waals surface area contributed by atoms with Gasteiger partial charge in [0.25, 0.3) is 5.56 Å². The second-order valence-corrected chi connectivity index (χ2v) is 9.35. The Morgan fingerprint density at radius 3 is 2.59 bits per heavy atom. The largest absolute Gasteiger partial charge is 0.403 e. The molecule has 0 saturated carbocycles. The number of hydrogen-bond acceptors (Lipinski definition) is 8. The first-order valence-electron chi connectivity index (χ1n) is 10.2. The lowest BCUT2D eigenvalue weighted by molar-refractivity contribution is 0.303. The first kappa shape index (κ1) is 21.9. The number of nitrogens with one attached hydrogen (secondary N) is 1. The van der Waals surface area contributed by atoms with Crippen molar-refractivity contribution in [2.24, 2.45) is 5.16 Å². The monoisotopic (exact) mass is 458 g/mol. The standard InChI is InChI=1S/C21H22N4O6S/c1-2-15-12-17(26)30-20-18(15)19(27)22-21(23-20)31-24-16-8-10-25(11-9-16)32(28,29)13-14-6-4-3-5-7-14/h3-7,12H,2,8-11,13H2,1H3,(H,22,23,27). The fraction of sp³-hybridized carbons (Fsp3) is 0.333. The van der Waals surface area contributed by atoms with Crippen LogP contribution in [0.4, 0.5) is 0 Å². The van der Waals surface area contributed by atoms with Crippen molar-refractivity contribution >= 4 is 26.8 Å². The van der Waals surface area contributed by atoms with E-state index in [2.05, 4.69) is 15.1 Å². The third kappa shape index (κ3) is 4.78. The number of aromatic amines is 1. The molecule has 11 heteroatoms. The van der Waals surface area contributed by atoms with Gasteiger partial charge in [-0.3, -0.25) is 9.78 Å². The van der Waals surface area contributed by atoms with E-state index in [1.807, 2.05) is 25.1 Å². The van der Waals surface area contributed by atoms with E-state index < -0.39 is 21.2 Å². The van der Waals surface area contributed by atoms with E-state index >= 15 is 0 Å². The Labute approximate surface area is 183 Å². The summed E-state index contributed by atoms with van der Waals surface area (Å²) in [6.07, 6.45) is 1.25. The fourth-order valence-electron chi connectivity index (χ4n) is 3.55. The number of sulfonamides is 1. The van der Waals surface area contributed by atoms with Crippen molar-refractivity contribution in [1.82, 2.24) is 14.3 Å². The molecule has 1 aliphatic rings. The number of fused-ring (bicyclic) bond motifs is 1. The molecule has 0 bridgehead atoms. The highest BCUT2D eigenvalue weighted by Crippen LogP contribution is 2.17. The third-order valence-electron chi connectivity index (χ3n) is 5.20. The maximum atomic E-state index is 12.7. The average Bonchev–Trinajstić information content (AvgIpc) is 2.77. The van der Waals surface area contributed by atoms with E-state index in [-0.39, 0.29) is 36.0 Å².